The van der Waals surface area contributed by atoms with Gasteiger partial charge in [0.15, 0.2) is 0 Å². The molecule has 0 aromatic heterocycles. The van der Waals surface area contributed by atoms with Crippen LogP contribution in [-0.2, 0) is 4.79 Å². The van der Waals surface area contributed by atoms with Crippen molar-refractivity contribution in [1.29, 1.82) is 5.26 Å². The molecule has 1 unspecified atom stereocenters. The van der Waals surface area contributed by atoms with Crippen molar-refractivity contribution in [2.24, 2.45) is 5.41 Å². The number of hydrogen-bond acceptors (Lipinski definition) is 3. The van der Waals surface area contributed by atoms with Crippen molar-refractivity contribution in [3.63, 3.8) is 0 Å². The Morgan fingerprint density at radius 1 is 1.47 bits per heavy atom. The molecule has 0 saturated carbocycles. The van der Waals surface area contributed by atoms with Crippen LogP contribution in [0.2, 0.25) is 0 Å². The molecule has 17 heavy (non-hydrogen) atoms. The lowest BCUT2D eigenvalue weighted by Gasteiger charge is -2.21. The average Bonchev–Trinajstić information content (AvgIpc) is 2.36. The highest BCUT2D eigenvalue weighted by Gasteiger charge is 2.29. The number of aliphatic hydroxyl groups is 1. The standard InChI is InChI=1S/C13H16N2O2/c1-13(2,9-14)12(17)15-11(8-16)10-6-4-3-5-7-10/h3-7,11,16H,8H2,1-2H3,(H,15,17). The molecule has 0 aliphatic carbocycles. The van der Waals surface area contributed by atoms with Crippen molar-refractivity contribution in [1.82, 2.24) is 5.32 Å². The van der Waals surface area contributed by atoms with Crippen LogP contribution in [0, 0.1) is 16.7 Å². The highest BCUT2D eigenvalue weighted by molar-refractivity contribution is 5.84. The first-order chi connectivity index (χ1) is 8.01. The molecule has 1 amide bonds. The predicted octanol–water partition coefficient (Wildman–Crippen LogP) is 1.39. The number of hydrogen-bond donors (Lipinski definition) is 2. The zero-order valence-electron chi connectivity index (χ0n) is 9.97. The summed E-state index contributed by atoms with van der Waals surface area (Å²) in [5, 5.41) is 20.8. The van der Waals surface area contributed by atoms with Gasteiger partial charge in [-0.15, -0.1) is 0 Å². The van der Waals surface area contributed by atoms with E-state index < -0.39 is 11.5 Å². The SMILES string of the molecule is CC(C)(C#N)C(=O)NC(CO)c1ccccc1. The van der Waals surface area contributed by atoms with Crippen LogP contribution in [0.3, 0.4) is 0 Å². The Bertz CT molecular complexity index is 421. The highest BCUT2D eigenvalue weighted by atomic mass is 16.3. The molecule has 2 N–H and O–H groups in total. The summed E-state index contributed by atoms with van der Waals surface area (Å²) < 4.78 is 0. The van der Waals surface area contributed by atoms with Crippen molar-refractivity contribution in [2.45, 2.75) is 19.9 Å². The topological polar surface area (TPSA) is 73.1 Å². The van der Waals surface area contributed by atoms with Gasteiger partial charge in [0.1, 0.15) is 5.41 Å². The van der Waals surface area contributed by atoms with E-state index in [-0.39, 0.29) is 12.5 Å². The fraction of sp³-hybridized carbons (Fsp3) is 0.385. The summed E-state index contributed by atoms with van der Waals surface area (Å²) in [6.45, 7) is 2.89. The van der Waals surface area contributed by atoms with E-state index in [1.807, 2.05) is 36.4 Å². The van der Waals surface area contributed by atoms with Gasteiger partial charge in [0.05, 0.1) is 18.7 Å². The van der Waals surface area contributed by atoms with Gasteiger partial charge in [-0.05, 0) is 19.4 Å². The Hall–Kier alpha value is -1.86. The molecule has 0 saturated heterocycles. The van der Waals surface area contributed by atoms with Crippen molar-refractivity contribution in [3.8, 4) is 6.07 Å². The first-order valence-electron chi connectivity index (χ1n) is 5.39. The summed E-state index contributed by atoms with van der Waals surface area (Å²) in [5.74, 6) is -0.386. The van der Waals surface area contributed by atoms with E-state index in [0.29, 0.717) is 0 Å². The molecule has 0 fully saturated rings. The van der Waals surface area contributed by atoms with Crippen LogP contribution in [0.4, 0.5) is 0 Å². The molecule has 90 valence electrons. The minimum absolute atomic E-state index is 0.197. The summed E-state index contributed by atoms with van der Waals surface area (Å²) in [6.07, 6.45) is 0. The second-order valence-corrected chi connectivity index (χ2v) is 4.36. The van der Waals surface area contributed by atoms with Crippen molar-refractivity contribution >= 4 is 5.91 Å². The molecule has 0 aliphatic rings. The smallest absolute Gasteiger partial charge is 0.240 e. The van der Waals surface area contributed by atoms with E-state index in [2.05, 4.69) is 5.32 Å². The third-order valence-corrected chi connectivity index (χ3v) is 2.54. The van der Waals surface area contributed by atoms with Crippen molar-refractivity contribution in [3.05, 3.63) is 35.9 Å². The number of amides is 1. The first-order valence-corrected chi connectivity index (χ1v) is 5.39. The number of carbonyl (C=O) groups is 1. The normalized spacial score (nSPS) is 12.6. The number of nitrogens with zero attached hydrogens (tertiary/aromatic N) is 1. The Morgan fingerprint density at radius 3 is 2.53 bits per heavy atom. The summed E-state index contributed by atoms with van der Waals surface area (Å²) in [4.78, 5) is 11.8. The van der Waals surface area contributed by atoms with Gasteiger partial charge < -0.3 is 10.4 Å². The number of benzene rings is 1. The maximum absolute atomic E-state index is 11.8. The Morgan fingerprint density at radius 2 is 2.06 bits per heavy atom. The van der Waals surface area contributed by atoms with Gasteiger partial charge >= 0.3 is 0 Å². The summed E-state index contributed by atoms with van der Waals surface area (Å²) in [7, 11) is 0. The third-order valence-electron chi connectivity index (χ3n) is 2.54. The lowest BCUT2D eigenvalue weighted by atomic mass is 9.94. The van der Waals surface area contributed by atoms with Crippen LogP contribution < -0.4 is 5.32 Å². The molecular formula is C13H16N2O2. The molecule has 1 rings (SSSR count). The van der Waals surface area contributed by atoms with E-state index >= 15 is 0 Å². The third kappa shape index (κ3) is 3.30. The predicted molar refractivity (Wildman–Crippen MR) is 63.8 cm³/mol. The van der Waals surface area contributed by atoms with Crippen LogP contribution in [0.15, 0.2) is 30.3 Å². The van der Waals surface area contributed by atoms with E-state index in [9.17, 15) is 9.90 Å². The van der Waals surface area contributed by atoms with E-state index in [0.717, 1.165) is 5.56 Å². The maximum Gasteiger partial charge on any atom is 0.240 e. The average molecular weight is 232 g/mol. The fourth-order valence-corrected chi connectivity index (χ4v) is 1.31. The Kier molecular flexibility index (Phi) is 4.24. The molecule has 4 nitrogen and oxygen atoms in total. The quantitative estimate of drug-likeness (QED) is 0.823. The number of nitrogens with one attached hydrogen (secondary N) is 1. The minimum Gasteiger partial charge on any atom is -0.394 e. The van der Waals surface area contributed by atoms with E-state index in [4.69, 9.17) is 5.26 Å². The van der Waals surface area contributed by atoms with Crippen LogP contribution in [0.25, 0.3) is 0 Å². The molecule has 0 bridgehead atoms. The maximum atomic E-state index is 11.8. The Balaban J connectivity index is 2.80. The molecule has 0 spiro atoms. The molecule has 4 heteroatoms. The second kappa shape index (κ2) is 5.46. The molecule has 1 atom stereocenters. The number of rotatable bonds is 4. The molecule has 0 radical (unpaired) electrons. The molecular weight excluding hydrogens is 216 g/mol. The number of aliphatic hydroxyl groups excluding tert-OH is 1. The zero-order chi connectivity index (χ0) is 12.9. The van der Waals surface area contributed by atoms with Crippen LogP contribution in [0.5, 0.6) is 0 Å². The number of carbonyl (C=O) groups excluding carboxylic acids is 1. The summed E-state index contributed by atoms with van der Waals surface area (Å²) >= 11 is 0. The largest absolute Gasteiger partial charge is 0.394 e. The lowest BCUT2D eigenvalue weighted by molar-refractivity contribution is -0.127. The lowest BCUT2D eigenvalue weighted by Crippen LogP contribution is -2.39. The highest BCUT2D eigenvalue weighted by Crippen LogP contribution is 2.17. The summed E-state index contributed by atoms with van der Waals surface area (Å²) in [6, 6.07) is 10.6. The van der Waals surface area contributed by atoms with Crippen LogP contribution >= 0.6 is 0 Å². The van der Waals surface area contributed by atoms with Crippen LogP contribution in [-0.4, -0.2) is 17.6 Å². The van der Waals surface area contributed by atoms with E-state index in [1.165, 1.54) is 0 Å². The fourth-order valence-electron chi connectivity index (χ4n) is 1.31. The second-order valence-electron chi connectivity index (χ2n) is 4.36. The van der Waals surface area contributed by atoms with Crippen molar-refractivity contribution < 1.29 is 9.90 Å². The molecule has 1 aromatic carbocycles. The van der Waals surface area contributed by atoms with Gasteiger partial charge in [-0.3, -0.25) is 4.79 Å². The monoisotopic (exact) mass is 232 g/mol. The van der Waals surface area contributed by atoms with Gasteiger partial charge in [-0.25, -0.2) is 0 Å². The van der Waals surface area contributed by atoms with Gasteiger partial charge in [0.2, 0.25) is 5.91 Å². The zero-order valence-corrected chi connectivity index (χ0v) is 9.97. The first kappa shape index (κ1) is 13.2. The minimum atomic E-state index is -1.10. The molecule has 0 aliphatic heterocycles. The van der Waals surface area contributed by atoms with Gasteiger partial charge in [0, 0.05) is 0 Å². The summed E-state index contributed by atoms with van der Waals surface area (Å²) in [5.41, 5.74) is -0.278. The Labute approximate surface area is 101 Å². The van der Waals surface area contributed by atoms with Gasteiger partial charge in [-0.1, -0.05) is 30.3 Å². The van der Waals surface area contributed by atoms with Gasteiger partial charge in [-0.2, -0.15) is 5.26 Å². The van der Waals surface area contributed by atoms with Crippen LogP contribution in [0.1, 0.15) is 25.5 Å². The van der Waals surface area contributed by atoms with E-state index in [1.54, 1.807) is 13.8 Å². The molecule has 0 heterocycles. The molecule has 1 aromatic rings. The number of nitriles is 1. The van der Waals surface area contributed by atoms with Crippen molar-refractivity contribution in [2.75, 3.05) is 6.61 Å². The van der Waals surface area contributed by atoms with Gasteiger partial charge in [0.25, 0.3) is 0 Å².